The number of benzene rings is 1. The summed E-state index contributed by atoms with van der Waals surface area (Å²) in [6, 6.07) is 6.39. The van der Waals surface area contributed by atoms with Gasteiger partial charge in [0.2, 0.25) is 0 Å². The van der Waals surface area contributed by atoms with Crippen LogP contribution in [0.1, 0.15) is 0 Å². The summed E-state index contributed by atoms with van der Waals surface area (Å²) in [6.07, 6.45) is 1.66. The number of non-ortho nitro benzene ring substituents is 1. The van der Waals surface area contributed by atoms with E-state index in [1.165, 1.54) is 12.1 Å². The summed E-state index contributed by atoms with van der Waals surface area (Å²) in [4.78, 5) is 14.2. The number of fused-ring (bicyclic) bond motifs is 1. The van der Waals surface area contributed by atoms with Crippen LogP contribution in [0, 0.1) is 10.1 Å². The SMILES string of the molecule is O=[N+]([O-])c1ccc2ncc(Br)cc2c1. The summed E-state index contributed by atoms with van der Waals surface area (Å²) in [6.45, 7) is 0. The van der Waals surface area contributed by atoms with Crippen LogP contribution in [0.2, 0.25) is 0 Å². The topological polar surface area (TPSA) is 56.0 Å². The molecule has 1 heterocycles. The van der Waals surface area contributed by atoms with Gasteiger partial charge in [-0.15, -0.1) is 0 Å². The van der Waals surface area contributed by atoms with E-state index in [0.29, 0.717) is 0 Å². The van der Waals surface area contributed by atoms with Gasteiger partial charge in [-0.25, -0.2) is 0 Å². The Balaban J connectivity index is 2.69. The molecule has 0 saturated heterocycles. The van der Waals surface area contributed by atoms with Crippen LogP contribution in [0.4, 0.5) is 5.69 Å². The molecule has 0 N–H and O–H groups in total. The van der Waals surface area contributed by atoms with Gasteiger partial charge in [0.05, 0.1) is 10.4 Å². The highest BCUT2D eigenvalue weighted by Crippen LogP contribution is 2.21. The Morgan fingerprint density at radius 3 is 2.86 bits per heavy atom. The van der Waals surface area contributed by atoms with Crippen molar-refractivity contribution in [3.63, 3.8) is 0 Å². The van der Waals surface area contributed by atoms with Gasteiger partial charge in [-0.1, -0.05) is 0 Å². The van der Waals surface area contributed by atoms with E-state index in [2.05, 4.69) is 20.9 Å². The van der Waals surface area contributed by atoms with E-state index in [0.717, 1.165) is 15.4 Å². The monoisotopic (exact) mass is 252 g/mol. The molecule has 0 aliphatic rings. The summed E-state index contributed by atoms with van der Waals surface area (Å²) in [5, 5.41) is 11.3. The molecular weight excluding hydrogens is 248 g/mol. The molecule has 0 atom stereocenters. The predicted molar refractivity (Wildman–Crippen MR) is 56.1 cm³/mol. The van der Waals surface area contributed by atoms with E-state index in [9.17, 15) is 10.1 Å². The van der Waals surface area contributed by atoms with Crippen LogP contribution in [-0.2, 0) is 0 Å². The first-order valence-corrected chi connectivity index (χ1v) is 4.66. The highest BCUT2D eigenvalue weighted by atomic mass is 79.9. The van der Waals surface area contributed by atoms with Crippen LogP contribution in [0.3, 0.4) is 0 Å². The maximum Gasteiger partial charge on any atom is 0.270 e. The van der Waals surface area contributed by atoms with E-state index in [-0.39, 0.29) is 5.69 Å². The Morgan fingerprint density at radius 1 is 1.36 bits per heavy atom. The summed E-state index contributed by atoms with van der Waals surface area (Å²) >= 11 is 3.26. The summed E-state index contributed by atoms with van der Waals surface area (Å²) in [5.41, 5.74) is 0.830. The van der Waals surface area contributed by atoms with E-state index >= 15 is 0 Å². The lowest BCUT2D eigenvalue weighted by Crippen LogP contribution is -1.88. The van der Waals surface area contributed by atoms with Gasteiger partial charge in [-0.05, 0) is 28.1 Å². The largest absolute Gasteiger partial charge is 0.270 e. The number of hydrogen-bond donors (Lipinski definition) is 0. The van der Waals surface area contributed by atoms with E-state index in [1.54, 1.807) is 18.3 Å². The molecule has 70 valence electrons. The second kappa shape index (κ2) is 3.34. The molecule has 0 aliphatic carbocycles. The summed E-state index contributed by atoms with van der Waals surface area (Å²) < 4.78 is 0.811. The van der Waals surface area contributed by atoms with Gasteiger partial charge in [0.15, 0.2) is 0 Å². The minimum absolute atomic E-state index is 0.0809. The number of halogens is 1. The van der Waals surface area contributed by atoms with Crippen molar-refractivity contribution in [2.45, 2.75) is 0 Å². The molecule has 5 heteroatoms. The molecule has 4 nitrogen and oxygen atoms in total. The lowest BCUT2D eigenvalue weighted by Gasteiger charge is -1.97. The van der Waals surface area contributed by atoms with Gasteiger partial charge in [-0.2, -0.15) is 0 Å². The Bertz CT molecular complexity index is 513. The number of nitro groups is 1. The average Bonchev–Trinajstić information content (AvgIpc) is 2.16. The first kappa shape index (κ1) is 9.08. The van der Waals surface area contributed by atoms with E-state index < -0.39 is 4.92 Å². The Labute approximate surface area is 87.9 Å². The number of nitro benzene ring substituents is 1. The molecule has 0 radical (unpaired) electrons. The van der Waals surface area contributed by atoms with Crippen LogP contribution in [0.5, 0.6) is 0 Å². The lowest BCUT2D eigenvalue weighted by molar-refractivity contribution is -0.384. The van der Waals surface area contributed by atoms with Gasteiger partial charge in [-0.3, -0.25) is 15.1 Å². The third-order valence-electron chi connectivity index (χ3n) is 1.84. The molecule has 14 heavy (non-hydrogen) atoms. The molecule has 0 unspecified atom stereocenters. The van der Waals surface area contributed by atoms with Gasteiger partial charge in [0.25, 0.3) is 5.69 Å². The van der Waals surface area contributed by atoms with Crippen LogP contribution in [0.15, 0.2) is 34.9 Å². The number of aromatic nitrogens is 1. The fourth-order valence-corrected chi connectivity index (χ4v) is 1.55. The maximum atomic E-state index is 10.5. The van der Waals surface area contributed by atoms with Crippen LogP contribution in [0.25, 0.3) is 10.9 Å². The van der Waals surface area contributed by atoms with Crippen molar-refractivity contribution >= 4 is 32.5 Å². The first-order chi connectivity index (χ1) is 6.66. The van der Waals surface area contributed by atoms with Crippen molar-refractivity contribution in [3.8, 4) is 0 Å². The normalized spacial score (nSPS) is 10.4. The zero-order chi connectivity index (χ0) is 10.1. The second-order valence-corrected chi connectivity index (χ2v) is 3.70. The molecule has 0 bridgehead atoms. The molecular formula is C9H5BrN2O2. The van der Waals surface area contributed by atoms with Crippen molar-refractivity contribution in [1.29, 1.82) is 0 Å². The quantitative estimate of drug-likeness (QED) is 0.579. The minimum Gasteiger partial charge on any atom is -0.258 e. The highest BCUT2D eigenvalue weighted by Gasteiger charge is 2.06. The fourth-order valence-electron chi connectivity index (χ4n) is 1.21. The third kappa shape index (κ3) is 1.58. The van der Waals surface area contributed by atoms with Crippen LogP contribution >= 0.6 is 15.9 Å². The van der Waals surface area contributed by atoms with Crippen molar-refractivity contribution in [3.05, 3.63) is 45.0 Å². The second-order valence-electron chi connectivity index (χ2n) is 2.79. The summed E-state index contributed by atoms with van der Waals surface area (Å²) in [7, 11) is 0. The molecule has 0 saturated carbocycles. The lowest BCUT2D eigenvalue weighted by atomic mass is 10.2. The molecule has 2 rings (SSSR count). The minimum atomic E-state index is -0.416. The molecule has 0 fully saturated rings. The Kier molecular flexibility index (Phi) is 2.17. The van der Waals surface area contributed by atoms with Crippen molar-refractivity contribution < 1.29 is 4.92 Å². The van der Waals surface area contributed by atoms with Gasteiger partial charge in [0.1, 0.15) is 0 Å². The van der Waals surface area contributed by atoms with Crippen molar-refractivity contribution in [2.75, 3.05) is 0 Å². The first-order valence-electron chi connectivity index (χ1n) is 3.86. The van der Waals surface area contributed by atoms with Crippen molar-refractivity contribution in [1.82, 2.24) is 4.98 Å². The smallest absolute Gasteiger partial charge is 0.258 e. The molecule has 1 aromatic carbocycles. The number of hydrogen-bond acceptors (Lipinski definition) is 3. The molecule has 1 aromatic heterocycles. The third-order valence-corrected chi connectivity index (χ3v) is 2.28. The van der Waals surface area contributed by atoms with Gasteiger partial charge >= 0.3 is 0 Å². The Morgan fingerprint density at radius 2 is 2.14 bits per heavy atom. The zero-order valence-corrected chi connectivity index (χ0v) is 8.56. The van der Waals surface area contributed by atoms with Crippen LogP contribution in [-0.4, -0.2) is 9.91 Å². The van der Waals surface area contributed by atoms with Crippen LogP contribution < -0.4 is 0 Å². The molecule has 0 amide bonds. The fraction of sp³-hybridized carbons (Fsp3) is 0. The predicted octanol–water partition coefficient (Wildman–Crippen LogP) is 2.91. The summed E-state index contributed by atoms with van der Waals surface area (Å²) in [5.74, 6) is 0. The zero-order valence-electron chi connectivity index (χ0n) is 6.98. The molecule has 0 spiro atoms. The van der Waals surface area contributed by atoms with Crippen molar-refractivity contribution in [2.24, 2.45) is 0 Å². The maximum absolute atomic E-state index is 10.5. The number of nitrogens with zero attached hydrogens (tertiary/aromatic N) is 2. The van der Waals surface area contributed by atoms with E-state index in [4.69, 9.17) is 0 Å². The molecule has 2 aromatic rings. The Hall–Kier alpha value is -1.49. The van der Waals surface area contributed by atoms with Gasteiger partial charge < -0.3 is 0 Å². The molecule has 0 aliphatic heterocycles. The average molecular weight is 253 g/mol. The van der Waals surface area contributed by atoms with E-state index in [1.807, 2.05) is 0 Å². The number of pyridine rings is 1. The number of rotatable bonds is 1. The standard InChI is InChI=1S/C9H5BrN2O2/c10-7-3-6-4-8(12(13)14)1-2-9(6)11-5-7/h1-5H. The highest BCUT2D eigenvalue weighted by molar-refractivity contribution is 9.10. The van der Waals surface area contributed by atoms with Gasteiger partial charge in [0, 0.05) is 28.2 Å².